The van der Waals surface area contributed by atoms with Gasteiger partial charge in [-0.05, 0) is 24.3 Å². The van der Waals surface area contributed by atoms with Gasteiger partial charge in [0.05, 0.1) is 23.8 Å². The summed E-state index contributed by atoms with van der Waals surface area (Å²) >= 11 is 0. The predicted molar refractivity (Wildman–Crippen MR) is 80.4 cm³/mol. The van der Waals surface area contributed by atoms with E-state index in [1.165, 1.54) is 11.1 Å². The second kappa shape index (κ2) is 5.34. The molecular formula is C18H14N+. The maximum absolute atomic E-state index is 3.33. The summed E-state index contributed by atoms with van der Waals surface area (Å²) in [6, 6.07) is 20.4. The van der Waals surface area contributed by atoms with Crippen LogP contribution in [0.4, 0.5) is 5.69 Å². The van der Waals surface area contributed by atoms with Crippen LogP contribution in [-0.4, -0.2) is 0 Å². The van der Waals surface area contributed by atoms with Crippen LogP contribution >= 0.6 is 0 Å². The first-order valence-corrected chi connectivity index (χ1v) is 6.31. The fourth-order valence-corrected chi connectivity index (χ4v) is 1.99. The maximum Gasteiger partial charge on any atom is 0.207 e. The van der Waals surface area contributed by atoms with Gasteiger partial charge in [-0.3, -0.25) is 0 Å². The van der Waals surface area contributed by atoms with E-state index in [0.717, 1.165) is 11.4 Å². The van der Waals surface area contributed by atoms with Crippen molar-refractivity contribution in [3.8, 4) is 0 Å². The summed E-state index contributed by atoms with van der Waals surface area (Å²) < 4.78 is 0. The number of hydrogen-bond donors (Lipinski definition) is 1. The molecule has 0 bridgehead atoms. The van der Waals surface area contributed by atoms with E-state index in [2.05, 4.69) is 35.7 Å². The van der Waals surface area contributed by atoms with Gasteiger partial charge in [-0.2, -0.15) is 0 Å². The van der Waals surface area contributed by atoms with E-state index in [4.69, 9.17) is 0 Å². The third-order valence-corrected chi connectivity index (χ3v) is 2.97. The summed E-state index contributed by atoms with van der Waals surface area (Å²) in [5.41, 5.74) is 4.45. The lowest BCUT2D eigenvalue weighted by Crippen LogP contribution is -1.98. The molecule has 0 saturated heterocycles. The predicted octanol–water partition coefficient (Wildman–Crippen LogP) is 4.44. The average molecular weight is 244 g/mol. The third-order valence-electron chi connectivity index (χ3n) is 2.97. The number of allylic oxidation sites excluding steroid dienone is 5. The molecule has 2 aromatic rings. The lowest BCUT2D eigenvalue weighted by Gasteiger charge is -2.03. The highest BCUT2D eigenvalue weighted by Gasteiger charge is 2.11. The summed E-state index contributed by atoms with van der Waals surface area (Å²) in [7, 11) is 0. The monoisotopic (exact) mass is 244 g/mol. The van der Waals surface area contributed by atoms with E-state index in [9.17, 15) is 0 Å². The Kier molecular flexibility index (Phi) is 3.22. The molecule has 1 nitrogen and oxygen atoms in total. The first kappa shape index (κ1) is 11.5. The minimum absolute atomic E-state index is 0.978. The first-order valence-electron chi connectivity index (χ1n) is 6.31. The molecule has 90 valence electrons. The molecule has 0 amide bonds. The molecule has 0 heterocycles. The topological polar surface area (TPSA) is 12.0 Å². The van der Waals surface area contributed by atoms with Crippen molar-refractivity contribution in [2.24, 2.45) is 0 Å². The van der Waals surface area contributed by atoms with Crippen molar-refractivity contribution in [3.05, 3.63) is 96.2 Å². The minimum atomic E-state index is 0.978. The van der Waals surface area contributed by atoms with Crippen molar-refractivity contribution in [1.29, 1.82) is 0 Å². The maximum atomic E-state index is 3.33. The van der Waals surface area contributed by atoms with Gasteiger partial charge in [0, 0.05) is 11.3 Å². The van der Waals surface area contributed by atoms with Crippen molar-refractivity contribution in [2.75, 3.05) is 5.32 Å². The second-order valence-corrected chi connectivity index (χ2v) is 4.35. The Morgan fingerprint density at radius 2 is 1.42 bits per heavy atom. The van der Waals surface area contributed by atoms with E-state index in [1.807, 2.05) is 54.6 Å². The van der Waals surface area contributed by atoms with Gasteiger partial charge < -0.3 is 5.32 Å². The molecule has 0 aromatic heterocycles. The zero-order chi connectivity index (χ0) is 12.9. The molecular weight excluding hydrogens is 230 g/mol. The van der Waals surface area contributed by atoms with E-state index in [1.54, 1.807) is 0 Å². The van der Waals surface area contributed by atoms with Gasteiger partial charge in [0.1, 0.15) is 6.08 Å². The van der Waals surface area contributed by atoms with E-state index < -0.39 is 0 Å². The molecule has 0 radical (unpaired) electrons. The van der Waals surface area contributed by atoms with Crippen LogP contribution in [-0.2, 0) is 0 Å². The largest absolute Gasteiger partial charge is 0.326 e. The summed E-state index contributed by atoms with van der Waals surface area (Å²) in [5.74, 6) is 0. The fourth-order valence-electron chi connectivity index (χ4n) is 1.99. The van der Waals surface area contributed by atoms with Gasteiger partial charge in [0.15, 0.2) is 0 Å². The zero-order valence-electron chi connectivity index (χ0n) is 10.5. The molecule has 0 fully saturated rings. The molecule has 1 heteroatoms. The highest BCUT2D eigenvalue weighted by atomic mass is 14.9. The summed E-state index contributed by atoms with van der Waals surface area (Å²) in [6.45, 7) is 0. The van der Waals surface area contributed by atoms with Crippen LogP contribution in [0.25, 0.3) is 5.57 Å². The van der Waals surface area contributed by atoms with Crippen LogP contribution in [0.5, 0.6) is 0 Å². The smallest absolute Gasteiger partial charge is 0.207 e. The number of anilines is 1. The number of nitrogens with one attached hydrogen (secondary N) is 1. The normalized spacial score (nSPS) is 13.3. The van der Waals surface area contributed by atoms with Gasteiger partial charge in [0.25, 0.3) is 0 Å². The number of rotatable bonds is 3. The molecule has 1 aliphatic carbocycles. The molecule has 0 spiro atoms. The lowest BCUT2D eigenvalue weighted by atomic mass is 10.0. The second-order valence-electron chi connectivity index (χ2n) is 4.35. The standard InChI is InChI=1S/C18H14N/c1-3-7-15(8-4-1)16-11-13-18(14-12-16)19-17-9-5-2-6-10-17/h1-13,19H/q+1. The van der Waals surface area contributed by atoms with Crippen LogP contribution in [0, 0.1) is 6.08 Å². The Hall–Kier alpha value is -2.63. The van der Waals surface area contributed by atoms with E-state index >= 15 is 0 Å². The molecule has 3 rings (SSSR count). The van der Waals surface area contributed by atoms with Gasteiger partial charge in [0.2, 0.25) is 5.70 Å². The molecule has 1 aliphatic rings. The summed E-state index contributed by atoms with van der Waals surface area (Å²) in [6.07, 6.45) is 9.45. The Morgan fingerprint density at radius 3 is 2.05 bits per heavy atom. The molecule has 0 atom stereocenters. The molecule has 19 heavy (non-hydrogen) atoms. The summed E-state index contributed by atoms with van der Waals surface area (Å²) in [5, 5.41) is 3.33. The highest BCUT2D eigenvalue weighted by molar-refractivity contribution is 5.77. The van der Waals surface area contributed by atoms with Crippen LogP contribution in [0.2, 0.25) is 0 Å². The zero-order valence-corrected chi connectivity index (χ0v) is 10.5. The Morgan fingerprint density at radius 1 is 0.737 bits per heavy atom. The number of benzene rings is 2. The van der Waals surface area contributed by atoms with Crippen molar-refractivity contribution in [1.82, 2.24) is 0 Å². The molecule has 1 N–H and O–H groups in total. The molecule has 0 aliphatic heterocycles. The van der Waals surface area contributed by atoms with Crippen LogP contribution in [0.3, 0.4) is 0 Å². The van der Waals surface area contributed by atoms with Crippen LogP contribution in [0.1, 0.15) is 5.56 Å². The van der Waals surface area contributed by atoms with Gasteiger partial charge in [-0.1, -0.05) is 36.4 Å². The minimum Gasteiger partial charge on any atom is -0.326 e. The van der Waals surface area contributed by atoms with Crippen molar-refractivity contribution >= 4 is 11.3 Å². The summed E-state index contributed by atoms with van der Waals surface area (Å²) in [4.78, 5) is 0. The quantitative estimate of drug-likeness (QED) is 0.787. The number of hydrogen-bond acceptors (Lipinski definition) is 1. The van der Waals surface area contributed by atoms with Gasteiger partial charge in [-0.25, -0.2) is 0 Å². The highest BCUT2D eigenvalue weighted by Crippen LogP contribution is 2.21. The van der Waals surface area contributed by atoms with Crippen LogP contribution in [0.15, 0.2) is 84.6 Å². The first-order chi connectivity index (χ1) is 9.42. The number of para-hydroxylation sites is 1. The van der Waals surface area contributed by atoms with Crippen molar-refractivity contribution < 1.29 is 0 Å². The molecule has 0 saturated carbocycles. The Bertz CT molecular complexity index is 634. The van der Waals surface area contributed by atoms with E-state index in [0.29, 0.717) is 0 Å². The molecule has 2 aromatic carbocycles. The van der Waals surface area contributed by atoms with Crippen molar-refractivity contribution in [3.63, 3.8) is 0 Å². The SMILES string of the molecule is [C+]1=C(Nc2ccccc2)C=CC(c2ccccc2)=C1. The fraction of sp³-hybridized carbons (Fsp3) is 0. The van der Waals surface area contributed by atoms with Gasteiger partial charge >= 0.3 is 0 Å². The van der Waals surface area contributed by atoms with Crippen LogP contribution < -0.4 is 5.32 Å². The van der Waals surface area contributed by atoms with E-state index in [-0.39, 0.29) is 0 Å². The molecule has 0 unspecified atom stereocenters. The third kappa shape index (κ3) is 2.79. The Balaban J connectivity index is 1.77. The average Bonchev–Trinajstić information content (AvgIpc) is 2.50. The van der Waals surface area contributed by atoms with Crippen molar-refractivity contribution in [2.45, 2.75) is 0 Å². The van der Waals surface area contributed by atoms with Gasteiger partial charge in [-0.15, -0.1) is 0 Å². The Labute approximate surface area is 113 Å². The lowest BCUT2D eigenvalue weighted by molar-refractivity contribution is 1.43.